The van der Waals surface area contributed by atoms with Crippen LogP contribution in [0.15, 0.2) is 70.3 Å². The standard InChI is InChI=1S/C27H32N4O6S2/c1-18-15-31(19(2)17-32)26(33)21-11-7-12-22(29-39(35,36)24-13-8-14-38-24)25(21)37-23(18)16-30(3)27(34)28-20-9-5-4-6-10-20/h4-14,18-19,23,29,32H,15-17H2,1-3H3,(H,28,34)/t18-,19-,23+/m1/s1. The van der Waals surface area contributed by atoms with E-state index in [1.54, 1.807) is 54.6 Å². The van der Waals surface area contributed by atoms with E-state index in [9.17, 15) is 23.1 Å². The van der Waals surface area contributed by atoms with Gasteiger partial charge in [0, 0.05) is 25.2 Å². The maximum Gasteiger partial charge on any atom is 0.321 e. The number of amides is 3. The zero-order chi connectivity index (χ0) is 28.2. The summed E-state index contributed by atoms with van der Waals surface area (Å²) in [5.74, 6) is -0.583. The molecule has 3 atom stereocenters. The normalized spacial score (nSPS) is 18.3. The highest BCUT2D eigenvalue weighted by molar-refractivity contribution is 7.94. The van der Waals surface area contributed by atoms with E-state index in [0.29, 0.717) is 5.69 Å². The Morgan fingerprint density at radius 3 is 2.59 bits per heavy atom. The quantitative estimate of drug-likeness (QED) is 0.375. The lowest BCUT2D eigenvalue weighted by atomic mass is 9.99. The number of nitrogens with one attached hydrogen (secondary N) is 2. The molecule has 12 heteroatoms. The number of rotatable bonds is 8. The number of carbonyl (C=O) groups is 2. The molecule has 0 saturated heterocycles. The number of para-hydroxylation sites is 2. The van der Waals surface area contributed by atoms with Gasteiger partial charge in [-0.25, -0.2) is 13.2 Å². The van der Waals surface area contributed by atoms with Crippen LogP contribution in [-0.2, 0) is 10.0 Å². The van der Waals surface area contributed by atoms with Gasteiger partial charge < -0.3 is 25.0 Å². The molecule has 39 heavy (non-hydrogen) atoms. The Balaban J connectivity index is 1.68. The second-order valence-corrected chi connectivity index (χ2v) is 12.4. The van der Waals surface area contributed by atoms with Crippen molar-refractivity contribution >= 4 is 44.7 Å². The summed E-state index contributed by atoms with van der Waals surface area (Å²) in [5.41, 5.74) is 0.918. The van der Waals surface area contributed by atoms with Crippen LogP contribution < -0.4 is 14.8 Å². The summed E-state index contributed by atoms with van der Waals surface area (Å²) in [6, 6.07) is 16.0. The lowest BCUT2D eigenvalue weighted by Gasteiger charge is -2.38. The molecule has 0 spiro atoms. The average molecular weight is 573 g/mol. The number of urea groups is 1. The number of nitrogens with zero attached hydrogens (tertiary/aromatic N) is 2. The lowest BCUT2D eigenvalue weighted by Crippen LogP contribution is -2.50. The minimum Gasteiger partial charge on any atom is -0.485 e. The van der Waals surface area contributed by atoms with E-state index in [0.717, 1.165) is 11.3 Å². The van der Waals surface area contributed by atoms with Gasteiger partial charge in [0.15, 0.2) is 5.75 Å². The number of likely N-dealkylation sites (N-methyl/N-ethyl adjacent to an activating group) is 1. The molecule has 0 saturated carbocycles. The average Bonchev–Trinajstić information content (AvgIpc) is 3.47. The predicted octanol–water partition coefficient (Wildman–Crippen LogP) is 3.93. The van der Waals surface area contributed by atoms with E-state index in [1.165, 1.54) is 17.0 Å². The smallest absolute Gasteiger partial charge is 0.321 e. The number of ether oxygens (including phenoxy) is 1. The Morgan fingerprint density at radius 2 is 1.92 bits per heavy atom. The molecule has 0 radical (unpaired) electrons. The molecule has 1 aliphatic heterocycles. The van der Waals surface area contributed by atoms with Gasteiger partial charge in [0.1, 0.15) is 10.3 Å². The van der Waals surface area contributed by atoms with Crippen molar-refractivity contribution in [1.29, 1.82) is 0 Å². The van der Waals surface area contributed by atoms with Gasteiger partial charge in [0.25, 0.3) is 15.9 Å². The molecule has 3 aromatic rings. The van der Waals surface area contributed by atoms with Crippen LogP contribution in [0.4, 0.5) is 16.2 Å². The predicted molar refractivity (Wildman–Crippen MR) is 151 cm³/mol. The molecular formula is C27H32N4O6S2. The Labute approximate surface area is 232 Å². The number of sulfonamides is 1. The molecule has 4 rings (SSSR count). The first-order valence-electron chi connectivity index (χ1n) is 12.5. The van der Waals surface area contributed by atoms with Gasteiger partial charge in [-0.3, -0.25) is 9.52 Å². The lowest BCUT2D eigenvalue weighted by molar-refractivity contribution is 0.0373. The fraction of sp³-hybridized carbons (Fsp3) is 0.333. The van der Waals surface area contributed by atoms with Gasteiger partial charge in [-0.15, -0.1) is 11.3 Å². The second-order valence-electron chi connectivity index (χ2n) is 9.52. The molecule has 1 aliphatic rings. The van der Waals surface area contributed by atoms with E-state index in [1.807, 2.05) is 25.1 Å². The molecule has 10 nitrogen and oxygen atoms in total. The third-order valence-electron chi connectivity index (χ3n) is 6.52. The molecule has 3 amide bonds. The summed E-state index contributed by atoms with van der Waals surface area (Å²) >= 11 is 1.07. The fourth-order valence-corrected chi connectivity index (χ4v) is 6.30. The first kappa shape index (κ1) is 28.4. The van der Waals surface area contributed by atoms with E-state index in [4.69, 9.17) is 4.74 Å². The summed E-state index contributed by atoms with van der Waals surface area (Å²) in [5, 5.41) is 14.4. The molecule has 3 N–H and O–H groups in total. The largest absolute Gasteiger partial charge is 0.485 e. The van der Waals surface area contributed by atoms with Gasteiger partial charge in [0.05, 0.1) is 30.4 Å². The number of benzene rings is 2. The van der Waals surface area contributed by atoms with Crippen molar-refractivity contribution in [1.82, 2.24) is 9.80 Å². The summed E-state index contributed by atoms with van der Waals surface area (Å²) in [4.78, 5) is 29.6. The highest BCUT2D eigenvalue weighted by atomic mass is 32.2. The van der Waals surface area contributed by atoms with Crippen LogP contribution >= 0.6 is 11.3 Å². The molecule has 1 aromatic heterocycles. The number of thiophene rings is 1. The van der Waals surface area contributed by atoms with Crippen molar-refractivity contribution < 1.29 is 27.9 Å². The molecule has 2 heterocycles. The van der Waals surface area contributed by atoms with Crippen LogP contribution in [0.2, 0.25) is 0 Å². The number of carbonyl (C=O) groups excluding carboxylic acids is 2. The summed E-state index contributed by atoms with van der Waals surface area (Å²) in [6.07, 6.45) is -0.607. The highest BCUT2D eigenvalue weighted by Crippen LogP contribution is 2.36. The fourth-order valence-electron chi connectivity index (χ4n) is 4.25. The number of anilines is 2. The summed E-state index contributed by atoms with van der Waals surface area (Å²) < 4.78 is 35.2. The monoisotopic (exact) mass is 572 g/mol. The van der Waals surface area contributed by atoms with E-state index in [-0.39, 0.29) is 58.8 Å². The van der Waals surface area contributed by atoms with Crippen molar-refractivity contribution in [3.05, 3.63) is 71.6 Å². The van der Waals surface area contributed by atoms with Crippen LogP contribution in [0.5, 0.6) is 5.75 Å². The minimum absolute atomic E-state index is 0.0752. The van der Waals surface area contributed by atoms with Crippen LogP contribution in [0.25, 0.3) is 0 Å². The van der Waals surface area contributed by atoms with Gasteiger partial charge in [-0.05, 0) is 42.6 Å². The SMILES string of the molecule is C[C@@H]1CN([C@H](C)CO)C(=O)c2cccc(NS(=O)(=O)c3cccs3)c2O[C@H]1CN(C)C(=O)Nc1ccccc1. The molecule has 0 unspecified atom stereocenters. The van der Waals surface area contributed by atoms with Crippen LogP contribution in [0, 0.1) is 5.92 Å². The summed E-state index contributed by atoms with van der Waals surface area (Å²) in [6.45, 7) is 3.81. The van der Waals surface area contributed by atoms with Crippen molar-refractivity contribution in [2.75, 3.05) is 36.8 Å². The maximum absolute atomic E-state index is 13.6. The first-order chi connectivity index (χ1) is 18.6. The van der Waals surface area contributed by atoms with E-state index >= 15 is 0 Å². The Bertz CT molecular complexity index is 1400. The Hall–Kier alpha value is -3.61. The Kier molecular flexibility index (Phi) is 8.78. The van der Waals surface area contributed by atoms with Crippen LogP contribution in [-0.4, -0.2) is 74.2 Å². The van der Waals surface area contributed by atoms with Gasteiger partial charge in [-0.1, -0.05) is 37.3 Å². The van der Waals surface area contributed by atoms with E-state index in [2.05, 4.69) is 10.0 Å². The third-order valence-corrected chi connectivity index (χ3v) is 9.28. The first-order valence-corrected chi connectivity index (χ1v) is 14.8. The summed E-state index contributed by atoms with van der Waals surface area (Å²) in [7, 11) is -2.29. The highest BCUT2D eigenvalue weighted by Gasteiger charge is 2.35. The Morgan fingerprint density at radius 1 is 1.18 bits per heavy atom. The van der Waals surface area contributed by atoms with Gasteiger partial charge in [0.2, 0.25) is 0 Å². The molecule has 0 fully saturated rings. The molecule has 0 aliphatic carbocycles. The second kappa shape index (κ2) is 12.1. The van der Waals surface area contributed by atoms with Crippen molar-refractivity contribution in [3.8, 4) is 5.75 Å². The zero-order valence-electron chi connectivity index (χ0n) is 21.9. The van der Waals surface area contributed by atoms with Gasteiger partial charge >= 0.3 is 6.03 Å². The number of hydrogen-bond acceptors (Lipinski definition) is 7. The molecular weight excluding hydrogens is 540 g/mol. The van der Waals surface area contributed by atoms with Crippen molar-refractivity contribution in [3.63, 3.8) is 0 Å². The third kappa shape index (κ3) is 6.52. The zero-order valence-corrected chi connectivity index (χ0v) is 23.5. The maximum atomic E-state index is 13.6. The molecule has 2 aromatic carbocycles. The molecule has 208 valence electrons. The van der Waals surface area contributed by atoms with Crippen molar-refractivity contribution in [2.45, 2.75) is 30.2 Å². The molecule has 0 bridgehead atoms. The van der Waals surface area contributed by atoms with Crippen LogP contribution in [0.1, 0.15) is 24.2 Å². The van der Waals surface area contributed by atoms with Crippen LogP contribution in [0.3, 0.4) is 0 Å². The number of fused-ring (bicyclic) bond motifs is 1. The number of aliphatic hydroxyl groups excluding tert-OH is 1. The minimum atomic E-state index is -3.93. The topological polar surface area (TPSA) is 128 Å². The number of aliphatic hydroxyl groups is 1. The van der Waals surface area contributed by atoms with Crippen molar-refractivity contribution in [2.24, 2.45) is 5.92 Å². The van der Waals surface area contributed by atoms with E-state index < -0.39 is 22.2 Å². The number of hydrogen-bond donors (Lipinski definition) is 3. The van der Waals surface area contributed by atoms with Gasteiger partial charge in [-0.2, -0.15) is 0 Å².